The molecule has 0 rings (SSSR count). The third-order valence-electron chi connectivity index (χ3n) is 1.46. The van der Waals surface area contributed by atoms with Gasteiger partial charge in [-0.2, -0.15) is 8.62 Å². The summed E-state index contributed by atoms with van der Waals surface area (Å²) in [6.07, 6.45) is -3.55. The topological polar surface area (TPSA) is 221 Å². The van der Waals surface area contributed by atoms with Crippen molar-refractivity contribution in [3.05, 3.63) is 0 Å². The molecule has 0 aliphatic heterocycles. The molecule has 0 amide bonds. The average Bonchev–Trinajstić information content (AvgIpc) is 2.19. The van der Waals surface area contributed by atoms with Gasteiger partial charge in [0.05, 0.1) is 13.2 Å². The summed E-state index contributed by atoms with van der Waals surface area (Å²) in [5, 5.41) is 26.4. The molecular formula is C4H13O13P3. The first-order chi connectivity index (χ1) is 8.78. The number of phosphoric acid groups is 3. The van der Waals surface area contributed by atoms with Gasteiger partial charge >= 0.3 is 23.5 Å². The Balaban J connectivity index is 4.56. The maximum atomic E-state index is 11.1. The molecule has 16 heteroatoms. The van der Waals surface area contributed by atoms with Crippen molar-refractivity contribution in [1.82, 2.24) is 0 Å². The molecule has 4 atom stereocenters. The lowest BCUT2D eigenvalue weighted by molar-refractivity contribution is -0.0380. The van der Waals surface area contributed by atoms with Crippen molar-refractivity contribution in [1.29, 1.82) is 0 Å². The molecule has 0 saturated carbocycles. The molecule has 0 radical (unpaired) electrons. The van der Waals surface area contributed by atoms with Gasteiger partial charge in [-0.3, -0.25) is 4.52 Å². The molecule has 0 aliphatic carbocycles. The lowest BCUT2D eigenvalue weighted by Gasteiger charge is -2.19. The average molecular weight is 362 g/mol. The van der Waals surface area contributed by atoms with Crippen molar-refractivity contribution in [3.8, 4) is 0 Å². The zero-order valence-corrected chi connectivity index (χ0v) is 12.2. The van der Waals surface area contributed by atoms with Crippen molar-refractivity contribution in [3.63, 3.8) is 0 Å². The smallest absolute Gasteiger partial charge is 0.394 e. The Kier molecular flexibility index (Phi) is 7.63. The third kappa shape index (κ3) is 9.27. The Morgan fingerprint density at radius 2 is 1.35 bits per heavy atom. The third-order valence-corrected chi connectivity index (χ3v) is 5.26. The second kappa shape index (κ2) is 7.52. The van der Waals surface area contributed by atoms with Gasteiger partial charge in [-0.05, 0) is 0 Å². The Hall–Kier alpha value is 0.290. The molecule has 0 aromatic rings. The molecule has 0 saturated heterocycles. The molecule has 0 heterocycles. The van der Waals surface area contributed by atoms with Gasteiger partial charge in [0.15, 0.2) is 0 Å². The highest BCUT2D eigenvalue weighted by molar-refractivity contribution is 7.66. The monoisotopic (exact) mass is 362 g/mol. The van der Waals surface area contributed by atoms with Crippen molar-refractivity contribution >= 4 is 23.5 Å². The van der Waals surface area contributed by atoms with Gasteiger partial charge in [-0.25, -0.2) is 13.7 Å². The molecule has 0 fully saturated rings. The maximum Gasteiger partial charge on any atom is 0.490 e. The molecule has 2 unspecified atom stereocenters. The van der Waals surface area contributed by atoms with E-state index in [1.807, 2.05) is 0 Å². The zero-order chi connectivity index (χ0) is 16.2. The van der Waals surface area contributed by atoms with Crippen LogP contribution in [0.5, 0.6) is 0 Å². The van der Waals surface area contributed by atoms with Gasteiger partial charge < -0.3 is 34.9 Å². The second-order valence-corrected chi connectivity index (χ2v) is 7.62. The van der Waals surface area contributed by atoms with Crippen LogP contribution in [0.25, 0.3) is 0 Å². The fourth-order valence-corrected chi connectivity index (χ4v) is 3.74. The van der Waals surface area contributed by atoms with E-state index in [1.165, 1.54) is 0 Å². The molecular weight excluding hydrogens is 349 g/mol. The van der Waals surface area contributed by atoms with E-state index in [9.17, 15) is 13.7 Å². The number of hydrogen-bond acceptors (Lipinski definition) is 9. The minimum atomic E-state index is -5.62. The van der Waals surface area contributed by atoms with Crippen molar-refractivity contribution in [2.75, 3.05) is 13.2 Å². The van der Waals surface area contributed by atoms with E-state index < -0.39 is 48.9 Å². The first-order valence-corrected chi connectivity index (χ1v) is 9.05. The molecule has 122 valence electrons. The predicted octanol–water partition coefficient (Wildman–Crippen LogP) is -1.96. The Bertz CT molecular complexity index is 441. The van der Waals surface area contributed by atoms with Crippen molar-refractivity contribution in [2.45, 2.75) is 12.2 Å². The van der Waals surface area contributed by atoms with E-state index >= 15 is 0 Å². The van der Waals surface area contributed by atoms with Crippen LogP contribution in [0.2, 0.25) is 0 Å². The number of aliphatic hydroxyl groups excluding tert-OH is 3. The van der Waals surface area contributed by atoms with Crippen molar-refractivity contribution < 1.29 is 61.7 Å². The van der Waals surface area contributed by atoms with Gasteiger partial charge in [-0.1, -0.05) is 0 Å². The summed E-state index contributed by atoms with van der Waals surface area (Å²) >= 11 is 0. The minimum Gasteiger partial charge on any atom is -0.394 e. The van der Waals surface area contributed by atoms with Crippen LogP contribution in [0.1, 0.15) is 0 Å². The second-order valence-electron chi connectivity index (χ2n) is 3.20. The highest BCUT2D eigenvalue weighted by atomic mass is 31.3. The van der Waals surface area contributed by atoms with Crippen LogP contribution < -0.4 is 0 Å². The van der Waals surface area contributed by atoms with E-state index in [0.29, 0.717) is 0 Å². The summed E-state index contributed by atoms with van der Waals surface area (Å²) in [5.74, 6) is 0. The lowest BCUT2D eigenvalue weighted by atomic mass is 10.2. The summed E-state index contributed by atoms with van der Waals surface area (Å²) < 4.78 is 43.0. The van der Waals surface area contributed by atoms with E-state index in [0.717, 1.165) is 0 Å². The van der Waals surface area contributed by atoms with Crippen LogP contribution in [0.4, 0.5) is 0 Å². The first kappa shape index (κ1) is 20.3. The standard InChI is InChI=1S/C4H13O13P3/c5-1-3(6)4(7)2-15-19(11,12)17-20(13,14)16-18(8,9)10/h3-7H,1-2H2,(H,11,12)(H,13,14)(H2,8,9,10)/t3-,4+/m0/s1. The molecule has 13 nitrogen and oxygen atoms in total. The number of hydrogen-bond donors (Lipinski definition) is 7. The van der Waals surface area contributed by atoms with Gasteiger partial charge in [-0.15, -0.1) is 0 Å². The van der Waals surface area contributed by atoms with Crippen LogP contribution in [-0.4, -0.2) is 60.3 Å². The van der Waals surface area contributed by atoms with Crippen LogP contribution in [0.3, 0.4) is 0 Å². The highest BCUT2D eigenvalue weighted by Gasteiger charge is 2.41. The number of aliphatic hydroxyl groups is 3. The van der Waals surface area contributed by atoms with Crippen LogP contribution in [-0.2, 0) is 26.8 Å². The van der Waals surface area contributed by atoms with E-state index in [2.05, 4.69) is 13.1 Å². The van der Waals surface area contributed by atoms with Gasteiger partial charge in [0, 0.05) is 0 Å². The maximum absolute atomic E-state index is 11.1. The largest absolute Gasteiger partial charge is 0.490 e. The van der Waals surface area contributed by atoms with E-state index in [-0.39, 0.29) is 0 Å². The van der Waals surface area contributed by atoms with Crippen LogP contribution >= 0.6 is 23.5 Å². The fraction of sp³-hybridized carbons (Fsp3) is 1.00. The zero-order valence-electron chi connectivity index (χ0n) is 9.49. The SMILES string of the molecule is O=P(O)(O)OP(=O)(O)OP(=O)(O)OC[C@@H](O)[C@@H](O)CO. The fourth-order valence-electron chi connectivity index (χ4n) is 0.707. The Morgan fingerprint density at radius 1 is 0.850 bits per heavy atom. The molecule has 0 aliphatic rings. The van der Waals surface area contributed by atoms with Gasteiger partial charge in [0.25, 0.3) is 0 Å². The molecule has 0 spiro atoms. The summed E-state index contributed by atoms with van der Waals surface area (Å²) in [4.78, 5) is 34.2. The minimum absolute atomic E-state index is 0.902. The molecule has 20 heavy (non-hydrogen) atoms. The van der Waals surface area contributed by atoms with Gasteiger partial charge in [0.1, 0.15) is 12.2 Å². The quantitative estimate of drug-likeness (QED) is 0.222. The molecule has 0 aromatic carbocycles. The highest BCUT2D eigenvalue weighted by Crippen LogP contribution is 2.66. The Morgan fingerprint density at radius 3 is 1.75 bits per heavy atom. The van der Waals surface area contributed by atoms with E-state index in [4.69, 9.17) is 34.9 Å². The lowest BCUT2D eigenvalue weighted by Crippen LogP contribution is -2.33. The number of phosphoric ester groups is 1. The first-order valence-electron chi connectivity index (χ1n) is 4.53. The predicted molar refractivity (Wildman–Crippen MR) is 58.9 cm³/mol. The summed E-state index contributed by atoms with van der Waals surface area (Å²) in [5.41, 5.74) is 0. The summed E-state index contributed by atoms with van der Waals surface area (Å²) in [6, 6.07) is 0. The van der Waals surface area contributed by atoms with Crippen molar-refractivity contribution in [2.24, 2.45) is 0 Å². The number of rotatable bonds is 9. The molecule has 0 bridgehead atoms. The Labute approximate surface area is 111 Å². The van der Waals surface area contributed by atoms with Crippen LogP contribution in [0, 0.1) is 0 Å². The molecule has 7 N–H and O–H groups in total. The van der Waals surface area contributed by atoms with E-state index in [1.54, 1.807) is 0 Å². The van der Waals surface area contributed by atoms with Crippen LogP contribution in [0.15, 0.2) is 0 Å². The molecule has 0 aromatic heterocycles. The summed E-state index contributed by atoms with van der Waals surface area (Å²) in [7, 11) is -16.4. The van der Waals surface area contributed by atoms with Gasteiger partial charge in [0.2, 0.25) is 0 Å². The summed E-state index contributed by atoms with van der Waals surface area (Å²) in [6.45, 7) is -1.99. The normalized spacial score (nSPS) is 21.8.